The molecule has 0 aliphatic rings. The van der Waals surface area contributed by atoms with Crippen LogP contribution in [0.5, 0.6) is 5.75 Å². The zero-order valence-electron chi connectivity index (χ0n) is 19.3. The van der Waals surface area contributed by atoms with Gasteiger partial charge in [-0.3, -0.25) is 14.4 Å². The Morgan fingerprint density at radius 1 is 1.12 bits per heavy atom. The van der Waals surface area contributed by atoms with Crippen LogP contribution >= 0.6 is 23.1 Å². The molecule has 2 heterocycles. The number of amides is 1. The van der Waals surface area contributed by atoms with E-state index < -0.39 is 17.3 Å². The first kappa shape index (κ1) is 25.6. The van der Waals surface area contributed by atoms with Gasteiger partial charge in [0, 0.05) is 12.0 Å². The van der Waals surface area contributed by atoms with Crippen molar-refractivity contribution in [1.82, 2.24) is 10.2 Å². The molecule has 2 aromatic heterocycles. The number of aromatic nitrogens is 2. The summed E-state index contributed by atoms with van der Waals surface area (Å²) in [4.78, 5) is 37.2. The highest BCUT2D eigenvalue weighted by atomic mass is 32.2. The Morgan fingerprint density at radius 3 is 2.50 bits per heavy atom. The largest absolute Gasteiger partial charge is 0.464 e. The van der Waals surface area contributed by atoms with Crippen molar-refractivity contribution in [1.29, 1.82) is 0 Å². The third kappa shape index (κ3) is 6.77. The summed E-state index contributed by atoms with van der Waals surface area (Å²) in [6.07, 6.45) is 3.23. The van der Waals surface area contributed by atoms with Gasteiger partial charge >= 0.3 is 5.97 Å². The van der Waals surface area contributed by atoms with Gasteiger partial charge in [0.05, 0.1) is 11.7 Å². The molecule has 0 bridgehead atoms. The van der Waals surface area contributed by atoms with Crippen LogP contribution in [0, 0.1) is 5.92 Å². The maximum atomic E-state index is 12.6. The molecule has 0 saturated heterocycles. The third-order valence-electron chi connectivity index (χ3n) is 5.29. The number of hydrogen-bond acceptors (Lipinski definition) is 9. The fourth-order valence-corrected chi connectivity index (χ4v) is 4.96. The molecule has 8 nitrogen and oxygen atoms in total. The Morgan fingerprint density at radius 2 is 1.85 bits per heavy atom. The fourth-order valence-electron chi connectivity index (χ4n) is 3.31. The number of anilines is 1. The quantitative estimate of drug-likeness (QED) is 0.215. The second kappa shape index (κ2) is 12.5. The molecule has 1 amide bonds. The van der Waals surface area contributed by atoms with Crippen LogP contribution in [-0.4, -0.2) is 22.1 Å². The molecule has 0 saturated carbocycles. The lowest BCUT2D eigenvalue weighted by molar-refractivity contribution is -0.136. The Hall–Kier alpha value is -2.98. The van der Waals surface area contributed by atoms with E-state index in [4.69, 9.17) is 9.15 Å². The standard InChI is InChI=1S/C24H27N3O5S2/c1-4-15(5-2)21(29)25-23-26-27-24(34-23)33-14-17-12-19(28)20(13-31-17)32-22(30)18(6-3)16-10-8-7-9-11-16/h7-13,15,18H,4-6,14H2,1-3H3,(H,25,26,29)/t18-/m1/s1. The molecule has 0 spiro atoms. The first-order chi connectivity index (χ1) is 16.4. The van der Waals surface area contributed by atoms with E-state index in [0.29, 0.717) is 27.4 Å². The van der Waals surface area contributed by atoms with E-state index in [1.54, 1.807) is 0 Å². The number of benzene rings is 1. The van der Waals surface area contributed by atoms with E-state index >= 15 is 0 Å². The highest BCUT2D eigenvalue weighted by molar-refractivity contribution is 8.00. The number of rotatable bonds is 11. The number of ether oxygens (including phenoxy) is 1. The summed E-state index contributed by atoms with van der Waals surface area (Å²) in [6.45, 7) is 5.83. The molecular formula is C24H27N3O5S2. The summed E-state index contributed by atoms with van der Waals surface area (Å²) in [6, 6.07) is 10.6. The Labute approximate surface area is 206 Å². The summed E-state index contributed by atoms with van der Waals surface area (Å²) in [5.74, 6) is -0.486. The summed E-state index contributed by atoms with van der Waals surface area (Å²) in [5, 5.41) is 11.3. The molecule has 0 fully saturated rings. The highest BCUT2D eigenvalue weighted by Crippen LogP contribution is 2.29. The van der Waals surface area contributed by atoms with Crippen molar-refractivity contribution >= 4 is 40.1 Å². The average molecular weight is 502 g/mol. The second-order valence-corrected chi connectivity index (χ2v) is 9.73. The van der Waals surface area contributed by atoms with Crippen LogP contribution in [0.4, 0.5) is 5.13 Å². The maximum absolute atomic E-state index is 12.6. The van der Waals surface area contributed by atoms with E-state index in [0.717, 1.165) is 24.7 Å². The zero-order chi connectivity index (χ0) is 24.5. The lowest BCUT2D eigenvalue weighted by atomic mass is 9.97. The molecule has 0 radical (unpaired) electrons. The highest BCUT2D eigenvalue weighted by Gasteiger charge is 2.22. The van der Waals surface area contributed by atoms with Gasteiger partial charge in [0.1, 0.15) is 12.0 Å². The van der Waals surface area contributed by atoms with Crippen LogP contribution in [0.2, 0.25) is 0 Å². The van der Waals surface area contributed by atoms with Crippen molar-refractivity contribution in [2.24, 2.45) is 5.92 Å². The predicted octanol–water partition coefficient (Wildman–Crippen LogP) is 5.26. The SMILES string of the molecule is CCC(CC)C(=O)Nc1nnc(SCc2cc(=O)c(OC(=O)[C@H](CC)c3ccccc3)co2)s1. The van der Waals surface area contributed by atoms with Gasteiger partial charge in [-0.05, 0) is 24.8 Å². The molecule has 180 valence electrons. The third-order valence-corrected chi connectivity index (χ3v) is 7.28. The molecule has 0 aliphatic heterocycles. The minimum Gasteiger partial charge on any atom is -0.464 e. The summed E-state index contributed by atoms with van der Waals surface area (Å²) in [7, 11) is 0. The van der Waals surface area contributed by atoms with Crippen molar-refractivity contribution in [2.75, 3.05) is 5.32 Å². The molecule has 1 aromatic carbocycles. The van der Waals surface area contributed by atoms with Crippen molar-refractivity contribution in [3.8, 4) is 5.75 Å². The Balaban J connectivity index is 1.57. The number of esters is 1. The van der Waals surface area contributed by atoms with E-state index in [2.05, 4.69) is 15.5 Å². The number of thioether (sulfide) groups is 1. The van der Waals surface area contributed by atoms with Gasteiger partial charge in [-0.25, -0.2) is 0 Å². The minimum absolute atomic E-state index is 0.0535. The molecule has 1 N–H and O–H groups in total. The molecule has 3 aromatic rings. The lowest BCUT2D eigenvalue weighted by Gasteiger charge is -2.13. The minimum atomic E-state index is -0.500. The predicted molar refractivity (Wildman–Crippen MR) is 132 cm³/mol. The van der Waals surface area contributed by atoms with E-state index in [1.807, 2.05) is 51.1 Å². The van der Waals surface area contributed by atoms with Crippen molar-refractivity contribution in [3.63, 3.8) is 0 Å². The number of carbonyl (C=O) groups excluding carboxylic acids is 2. The average Bonchev–Trinajstić information content (AvgIpc) is 3.28. The first-order valence-corrected chi connectivity index (χ1v) is 12.9. The zero-order valence-corrected chi connectivity index (χ0v) is 20.9. The van der Waals surface area contributed by atoms with Crippen molar-refractivity contribution in [3.05, 3.63) is 64.2 Å². The number of hydrogen-bond donors (Lipinski definition) is 1. The molecule has 0 unspecified atom stereocenters. The van der Waals surface area contributed by atoms with Crippen LogP contribution in [-0.2, 0) is 15.3 Å². The Bertz CT molecular complexity index is 1160. The van der Waals surface area contributed by atoms with Gasteiger partial charge in [-0.15, -0.1) is 10.2 Å². The number of nitrogens with zero attached hydrogens (tertiary/aromatic N) is 2. The van der Waals surface area contributed by atoms with Crippen LogP contribution < -0.4 is 15.5 Å². The Kier molecular flexibility index (Phi) is 9.41. The molecule has 10 heteroatoms. The van der Waals surface area contributed by atoms with E-state index in [1.165, 1.54) is 29.2 Å². The fraction of sp³-hybridized carbons (Fsp3) is 0.375. The topological polar surface area (TPSA) is 111 Å². The molecule has 34 heavy (non-hydrogen) atoms. The smallest absolute Gasteiger partial charge is 0.319 e. The lowest BCUT2D eigenvalue weighted by Crippen LogP contribution is -2.21. The summed E-state index contributed by atoms with van der Waals surface area (Å²) >= 11 is 2.59. The summed E-state index contributed by atoms with van der Waals surface area (Å²) < 4.78 is 11.5. The maximum Gasteiger partial charge on any atom is 0.319 e. The monoisotopic (exact) mass is 501 g/mol. The van der Waals surface area contributed by atoms with Gasteiger partial charge in [0.2, 0.25) is 22.2 Å². The van der Waals surface area contributed by atoms with Crippen molar-refractivity contribution in [2.45, 2.75) is 56.0 Å². The number of nitrogens with one attached hydrogen (secondary N) is 1. The van der Waals surface area contributed by atoms with Crippen LogP contribution in [0.15, 0.2) is 56.2 Å². The molecule has 0 aliphatic carbocycles. The molecule has 3 rings (SSSR count). The van der Waals surface area contributed by atoms with Crippen LogP contribution in [0.25, 0.3) is 0 Å². The van der Waals surface area contributed by atoms with Gasteiger partial charge < -0.3 is 14.5 Å². The molecular weight excluding hydrogens is 474 g/mol. The van der Waals surface area contributed by atoms with Crippen LogP contribution in [0.3, 0.4) is 0 Å². The van der Waals surface area contributed by atoms with Gasteiger partial charge in [0.15, 0.2) is 4.34 Å². The normalized spacial score (nSPS) is 11.9. The van der Waals surface area contributed by atoms with Gasteiger partial charge in [-0.2, -0.15) is 0 Å². The first-order valence-electron chi connectivity index (χ1n) is 11.1. The summed E-state index contributed by atoms with van der Waals surface area (Å²) in [5.41, 5.74) is 0.397. The molecule has 1 atom stereocenters. The van der Waals surface area contributed by atoms with E-state index in [-0.39, 0.29) is 17.6 Å². The van der Waals surface area contributed by atoms with Crippen molar-refractivity contribution < 1.29 is 18.7 Å². The number of carbonyl (C=O) groups is 2. The second-order valence-electron chi connectivity index (χ2n) is 7.53. The van der Waals surface area contributed by atoms with Crippen LogP contribution in [0.1, 0.15) is 57.3 Å². The van der Waals surface area contributed by atoms with Gasteiger partial charge in [-0.1, -0.05) is 74.2 Å². The van der Waals surface area contributed by atoms with Gasteiger partial charge in [0.25, 0.3) is 0 Å². The van der Waals surface area contributed by atoms with E-state index in [9.17, 15) is 14.4 Å².